The quantitative estimate of drug-likeness (QED) is 0.578. The van der Waals surface area contributed by atoms with Crippen LogP contribution in [0.25, 0.3) is 10.9 Å². The van der Waals surface area contributed by atoms with E-state index in [1.165, 1.54) is 14.2 Å². The van der Waals surface area contributed by atoms with E-state index in [-0.39, 0.29) is 5.88 Å². The van der Waals surface area contributed by atoms with Crippen LogP contribution in [0.2, 0.25) is 0 Å². The van der Waals surface area contributed by atoms with Crippen LogP contribution in [-0.4, -0.2) is 29.8 Å². The van der Waals surface area contributed by atoms with Crippen LogP contribution in [0.1, 0.15) is 30.1 Å². The van der Waals surface area contributed by atoms with Gasteiger partial charge in [0.2, 0.25) is 5.88 Å². The summed E-state index contributed by atoms with van der Waals surface area (Å²) in [4.78, 5) is 12.5. The molecule has 2 aromatic carbocycles. The highest BCUT2D eigenvalue weighted by Crippen LogP contribution is 2.39. The lowest BCUT2D eigenvalue weighted by atomic mass is 10.2. The Balaban J connectivity index is 1.95. The normalized spacial score (nSPS) is 11.2. The summed E-state index contributed by atoms with van der Waals surface area (Å²) >= 11 is 0. The number of rotatable bonds is 7. The number of aryl methyl sites for hydroxylation is 1. The maximum absolute atomic E-state index is 12.5. The standard InChI is InChI=1S/C21H23N3O4/c1-4-5-12-24-16-9-7-6-8-15(16)19(21(24)26)22-23-20(25)14-10-11-17(27-2)18(13-14)28-3/h6-11,13,26H,4-5,12H2,1-3H3. The summed E-state index contributed by atoms with van der Waals surface area (Å²) in [6.45, 7) is 2.76. The minimum absolute atomic E-state index is 0.0125. The Morgan fingerprint density at radius 2 is 1.86 bits per heavy atom. The lowest BCUT2D eigenvalue weighted by molar-refractivity contribution is 0.0994. The molecule has 0 saturated heterocycles. The van der Waals surface area contributed by atoms with Crippen molar-refractivity contribution in [2.45, 2.75) is 26.3 Å². The van der Waals surface area contributed by atoms with Gasteiger partial charge in [-0.2, -0.15) is 0 Å². The van der Waals surface area contributed by atoms with E-state index in [0.29, 0.717) is 29.3 Å². The number of hydrogen-bond donors (Lipinski definition) is 1. The highest BCUT2D eigenvalue weighted by molar-refractivity contribution is 5.97. The van der Waals surface area contributed by atoms with Crippen molar-refractivity contribution in [3.05, 3.63) is 48.0 Å². The maximum Gasteiger partial charge on any atom is 0.295 e. The largest absolute Gasteiger partial charge is 0.493 e. The fourth-order valence-corrected chi connectivity index (χ4v) is 3.04. The van der Waals surface area contributed by atoms with Crippen molar-refractivity contribution in [1.82, 2.24) is 4.57 Å². The number of aromatic nitrogens is 1. The molecule has 1 amide bonds. The van der Waals surface area contributed by atoms with Gasteiger partial charge in [0.15, 0.2) is 17.2 Å². The van der Waals surface area contributed by atoms with Gasteiger partial charge in [0.05, 0.1) is 19.7 Å². The predicted octanol–water partition coefficient (Wildman–Crippen LogP) is 5.09. The topological polar surface area (TPSA) is 85.4 Å². The van der Waals surface area contributed by atoms with Crippen LogP contribution >= 0.6 is 0 Å². The molecule has 7 nitrogen and oxygen atoms in total. The van der Waals surface area contributed by atoms with Crippen LogP contribution in [0.4, 0.5) is 5.69 Å². The predicted molar refractivity (Wildman–Crippen MR) is 107 cm³/mol. The van der Waals surface area contributed by atoms with Crippen molar-refractivity contribution < 1.29 is 19.4 Å². The number of aromatic hydroxyl groups is 1. The van der Waals surface area contributed by atoms with Gasteiger partial charge in [0, 0.05) is 17.5 Å². The number of carbonyl (C=O) groups excluding carboxylic acids is 1. The number of hydrogen-bond acceptors (Lipinski definition) is 5. The summed E-state index contributed by atoms with van der Waals surface area (Å²) in [7, 11) is 3.02. The molecule has 0 fully saturated rings. The van der Waals surface area contributed by atoms with E-state index >= 15 is 0 Å². The molecule has 7 heteroatoms. The average Bonchev–Trinajstić information content (AvgIpc) is 3.00. The zero-order valence-corrected chi connectivity index (χ0v) is 16.2. The van der Waals surface area contributed by atoms with Gasteiger partial charge in [-0.3, -0.25) is 4.79 Å². The molecule has 0 bridgehead atoms. The summed E-state index contributed by atoms with van der Waals surface area (Å²) in [5.41, 5.74) is 1.47. The lowest BCUT2D eigenvalue weighted by Crippen LogP contribution is -1.97. The van der Waals surface area contributed by atoms with Crippen LogP contribution in [0.3, 0.4) is 0 Å². The van der Waals surface area contributed by atoms with Gasteiger partial charge in [-0.1, -0.05) is 31.5 Å². The molecular weight excluding hydrogens is 358 g/mol. The van der Waals surface area contributed by atoms with Gasteiger partial charge in [-0.05, 0) is 30.7 Å². The molecule has 3 rings (SSSR count). The summed E-state index contributed by atoms with van der Waals surface area (Å²) in [5, 5.41) is 19.3. The number of carbonyl (C=O) groups is 1. The number of unbranched alkanes of at least 4 members (excludes halogenated alkanes) is 1. The Hall–Kier alpha value is -3.35. The van der Waals surface area contributed by atoms with Crippen LogP contribution in [0.5, 0.6) is 17.4 Å². The highest BCUT2D eigenvalue weighted by atomic mass is 16.5. The SMILES string of the molecule is CCCCn1c(O)c(N=NC(=O)c2ccc(OC)c(OC)c2)c2ccccc21. The van der Waals surface area contributed by atoms with E-state index in [9.17, 15) is 9.90 Å². The molecule has 1 aromatic heterocycles. The van der Waals surface area contributed by atoms with E-state index in [4.69, 9.17) is 9.47 Å². The number of ether oxygens (including phenoxy) is 2. The number of azo groups is 1. The van der Waals surface area contributed by atoms with Crippen molar-refractivity contribution in [3.8, 4) is 17.4 Å². The third kappa shape index (κ3) is 3.69. The number of methoxy groups -OCH3 is 2. The summed E-state index contributed by atoms with van der Waals surface area (Å²) in [5.74, 6) is 0.430. The van der Waals surface area contributed by atoms with Gasteiger partial charge >= 0.3 is 0 Å². The summed E-state index contributed by atoms with van der Waals surface area (Å²) in [6.07, 6.45) is 1.92. The van der Waals surface area contributed by atoms with Gasteiger partial charge in [0.25, 0.3) is 5.91 Å². The molecule has 146 valence electrons. The molecule has 1 heterocycles. The van der Waals surface area contributed by atoms with Gasteiger partial charge in [0.1, 0.15) is 0 Å². The maximum atomic E-state index is 12.5. The Labute approximate surface area is 163 Å². The zero-order chi connectivity index (χ0) is 20.1. The second-order valence-electron chi connectivity index (χ2n) is 6.27. The third-order valence-electron chi connectivity index (χ3n) is 4.52. The van der Waals surface area contributed by atoms with Crippen LogP contribution in [0.15, 0.2) is 52.7 Å². The molecule has 0 saturated carbocycles. The van der Waals surface area contributed by atoms with E-state index in [1.807, 2.05) is 24.3 Å². The molecule has 28 heavy (non-hydrogen) atoms. The Morgan fingerprint density at radius 1 is 1.11 bits per heavy atom. The number of amides is 1. The molecule has 0 aliphatic heterocycles. The van der Waals surface area contributed by atoms with Crippen LogP contribution in [0, 0.1) is 0 Å². The van der Waals surface area contributed by atoms with Crippen molar-refractivity contribution in [2.24, 2.45) is 10.2 Å². The smallest absolute Gasteiger partial charge is 0.295 e. The fourth-order valence-electron chi connectivity index (χ4n) is 3.04. The molecule has 0 radical (unpaired) electrons. The number of fused-ring (bicyclic) bond motifs is 1. The Kier molecular flexibility index (Phi) is 5.93. The van der Waals surface area contributed by atoms with Gasteiger partial charge < -0.3 is 19.1 Å². The van der Waals surface area contributed by atoms with Crippen molar-refractivity contribution in [3.63, 3.8) is 0 Å². The van der Waals surface area contributed by atoms with Crippen LogP contribution in [-0.2, 0) is 6.54 Å². The molecule has 0 aliphatic rings. The van der Waals surface area contributed by atoms with Crippen LogP contribution < -0.4 is 9.47 Å². The first-order valence-corrected chi connectivity index (χ1v) is 9.09. The monoisotopic (exact) mass is 381 g/mol. The first-order chi connectivity index (χ1) is 13.6. The molecule has 3 aromatic rings. The molecule has 0 atom stereocenters. The van der Waals surface area contributed by atoms with E-state index < -0.39 is 5.91 Å². The van der Waals surface area contributed by atoms with Crippen molar-refractivity contribution in [2.75, 3.05) is 14.2 Å². The Morgan fingerprint density at radius 3 is 2.57 bits per heavy atom. The molecular formula is C21H23N3O4. The van der Waals surface area contributed by atoms with E-state index in [1.54, 1.807) is 22.8 Å². The Bertz CT molecular complexity index is 1020. The average molecular weight is 381 g/mol. The minimum atomic E-state index is -0.536. The highest BCUT2D eigenvalue weighted by Gasteiger charge is 2.17. The van der Waals surface area contributed by atoms with E-state index in [2.05, 4.69) is 17.2 Å². The van der Waals surface area contributed by atoms with E-state index in [0.717, 1.165) is 23.7 Å². The molecule has 0 unspecified atom stereocenters. The molecule has 0 aliphatic carbocycles. The number of para-hydroxylation sites is 1. The van der Waals surface area contributed by atoms with Gasteiger partial charge in [-0.15, -0.1) is 10.2 Å². The first kappa shape index (κ1) is 19.4. The zero-order valence-electron chi connectivity index (χ0n) is 16.2. The molecule has 1 N–H and O–H groups in total. The van der Waals surface area contributed by atoms with Crippen molar-refractivity contribution in [1.29, 1.82) is 0 Å². The second-order valence-corrected chi connectivity index (χ2v) is 6.27. The lowest BCUT2D eigenvalue weighted by Gasteiger charge is -2.07. The first-order valence-electron chi connectivity index (χ1n) is 9.09. The summed E-state index contributed by atoms with van der Waals surface area (Å²) in [6, 6.07) is 12.3. The third-order valence-corrected chi connectivity index (χ3v) is 4.52. The number of nitrogens with zero attached hydrogens (tertiary/aromatic N) is 3. The number of benzene rings is 2. The fraction of sp³-hybridized carbons (Fsp3) is 0.286. The summed E-state index contributed by atoms with van der Waals surface area (Å²) < 4.78 is 12.2. The van der Waals surface area contributed by atoms with Gasteiger partial charge in [-0.25, -0.2) is 0 Å². The minimum Gasteiger partial charge on any atom is -0.493 e. The second kappa shape index (κ2) is 8.56. The van der Waals surface area contributed by atoms with Crippen molar-refractivity contribution >= 4 is 22.5 Å². The molecule has 0 spiro atoms.